The van der Waals surface area contributed by atoms with Gasteiger partial charge >= 0.3 is 11.9 Å². The van der Waals surface area contributed by atoms with Crippen LogP contribution in [0.1, 0.15) is 65.2 Å². The second-order valence-electron chi connectivity index (χ2n) is 11.6. The van der Waals surface area contributed by atoms with Gasteiger partial charge in [-0.15, -0.1) is 0 Å². The van der Waals surface area contributed by atoms with E-state index in [2.05, 4.69) is 5.32 Å². The number of carbonyl (C=O) groups is 3. The van der Waals surface area contributed by atoms with Gasteiger partial charge in [0.1, 0.15) is 11.0 Å². The van der Waals surface area contributed by atoms with E-state index in [9.17, 15) is 14.4 Å². The minimum atomic E-state index is -0.738. The highest BCUT2D eigenvalue weighted by atomic mass is 32.2. The first-order valence-corrected chi connectivity index (χ1v) is 14.2. The molecule has 212 valence electrons. The molecule has 0 aromatic heterocycles. The fourth-order valence-corrected chi connectivity index (χ4v) is 5.73. The van der Waals surface area contributed by atoms with Gasteiger partial charge in [-0.1, -0.05) is 62.0 Å². The summed E-state index contributed by atoms with van der Waals surface area (Å²) in [6, 6.07) is 18.2. The minimum Gasteiger partial charge on any atom is -0.462 e. The average Bonchev–Trinajstić information content (AvgIpc) is 2.88. The van der Waals surface area contributed by atoms with Crippen LogP contribution >= 0.6 is 11.8 Å². The zero-order chi connectivity index (χ0) is 28.8. The zero-order valence-corrected chi connectivity index (χ0v) is 24.7. The number of rotatable bonds is 9. The molecule has 1 saturated heterocycles. The van der Waals surface area contributed by atoms with Gasteiger partial charge in [-0.05, 0) is 63.8 Å². The molecule has 2 aromatic carbocycles. The predicted octanol–water partition coefficient (Wildman–Crippen LogP) is 5.88. The van der Waals surface area contributed by atoms with E-state index >= 15 is 0 Å². The summed E-state index contributed by atoms with van der Waals surface area (Å²) >= 11 is 1.56. The van der Waals surface area contributed by atoms with E-state index in [4.69, 9.17) is 14.2 Å². The Morgan fingerprint density at radius 1 is 1.05 bits per heavy atom. The number of esters is 2. The van der Waals surface area contributed by atoms with Gasteiger partial charge < -0.3 is 19.5 Å². The number of benzene rings is 2. The van der Waals surface area contributed by atoms with E-state index in [0.29, 0.717) is 12.0 Å². The first-order chi connectivity index (χ1) is 18.3. The summed E-state index contributed by atoms with van der Waals surface area (Å²) in [5.41, 5.74) is -0.217. The van der Waals surface area contributed by atoms with Crippen molar-refractivity contribution >= 4 is 29.6 Å². The van der Waals surface area contributed by atoms with Crippen LogP contribution in [0.2, 0.25) is 0 Å². The summed E-state index contributed by atoms with van der Waals surface area (Å²) in [6.45, 7) is 13.0. The molecule has 0 radical (unpaired) electrons. The number of hydrogen-bond donors (Lipinski definition) is 1. The van der Waals surface area contributed by atoms with Crippen LogP contribution in [0, 0.1) is 17.3 Å². The Morgan fingerprint density at radius 3 is 2.21 bits per heavy atom. The maximum absolute atomic E-state index is 13.0. The Labute approximate surface area is 236 Å². The highest BCUT2D eigenvalue weighted by molar-refractivity contribution is 8.00. The van der Waals surface area contributed by atoms with Gasteiger partial charge in [0.2, 0.25) is 5.91 Å². The highest BCUT2D eigenvalue weighted by Gasteiger charge is 2.50. The van der Waals surface area contributed by atoms with Crippen LogP contribution in [-0.4, -0.2) is 47.6 Å². The molecular formula is C31H41NO6S. The molecule has 39 heavy (non-hydrogen) atoms. The van der Waals surface area contributed by atoms with Gasteiger partial charge in [-0.25, -0.2) is 4.79 Å². The average molecular weight is 556 g/mol. The third-order valence-electron chi connectivity index (χ3n) is 6.93. The molecule has 1 amide bonds. The Kier molecular flexibility index (Phi) is 10.2. The molecule has 1 heterocycles. The smallest absolute Gasteiger partial charge is 0.338 e. The number of hydrogen-bond acceptors (Lipinski definition) is 7. The van der Waals surface area contributed by atoms with E-state index in [-0.39, 0.29) is 36.3 Å². The summed E-state index contributed by atoms with van der Waals surface area (Å²) < 4.78 is 18.5. The van der Waals surface area contributed by atoms with E-state index in [0.717, 1.165) is 4.90 Å². The van der Waals surface area contributed by atoms with Crippen molar-refractivity contribution in [3.05, 3.63) is 66.2 Å². The fourth-order valence-electron chi connectivity index (χ4n) is 4.53. The highest BCUT2D eigenvalue weighted by Crippen LogP contribution is 2.45. The maximum atomic E-state index is 13.0. The second kappa shape index (κ2) is 13.0. The number of ether oxygens (including phenoxy) is 3. The number of amides is 1. The quantitative estimate of drug-likeness (QED) is 0.387. The zero-order valence-electron chi connectivity index (χ0n) is 23.9. The number of carbonyl (C=O) groups excluding carboxylic acids is 3. The lowest BCUT2D eigenvalue weighted by atomic mass is 9.82. The molecule has 0 saturated carbocycles. The van der Waals surface area contributed by atoms with Gasteiger partial charge in [0.25, 0.3) is 0 Å². The Hall–Kier alpha value is -2.84. The van der Waals surface area contributed by atoms with Crippen molar-refractivity contribution in [2.45, 2.75) is 83.0 Å². The molecule has 8 heteroatoms. The van der Waals surface area contributed by atoms with Crippen LogP contribution in [-0.2, 0) is 23.8 Å². The first kappa shape index (κ1) is 30.7. The molecule has 0 aliphatic carbocycles. The molecule has 1 aliphatic rings. The first-order valence-electron chi connectivity index (χ1n) is 13.4. The van der Waals surface area contributed by atoms with Crippen molar-refractivity contribution in [3.8, 4) is 0 Å². The lowest BCUT2D eigenvalue weighted by Crippen LogP contribution is -2.62. The fraction of sp³-hybridized carbons (Fsp3) is 0.516. The summed E-state index contributed by atoms with van der Waals surface area (Å²) in [7, 11) is 0. The monoisotopic (exact) mass is 555 g/mol. The summed E-state index contributed by atoms with van der Waals surface area (Å²) in [4.78, 5) is 38.2. The largest absolute Gasteiger partial charge is 0.462 e. The van der Waals surface area contributed by atoms with Crippen molar-refractivity contribution in [1.82, 2.24) is 5.32 Å². The molecule has 7 nitrogen and oxygen atoms in total. The summed E-state index contributed by atoms with van der Waals surface area (Å²) in [5.74, 6) is -1.23. The summed E-state index contributed by atoms with van der Waals surface area (Å²) in [6.07, 6.45) is -0.728. The van der Waals surface area contributed by atoms with Gasteiger partial charge in [-0.3, -0.25) is 9.59 Å². The van der Waals surface area contributed by atoms with Crippen molar-refractivity contribution in [1.29, 1.82) is 0 Å². The molecule has 1 unspecified atom stereocenters. The van der Waals surface area contributed by atoms with Crippen molar-refractivity contribution in [3.63, 3.8) is 0 Å². The van der Waals surface area contributed by atoms with Crippen LogP contribution in [0.15, 0.2) is 65.6 Å². The third-order valence-corrected chi connectivity index (χ3v) is 8.13. The van der Waals surface area contributed by atoms with E-state index < -0.39 is 28.6 Å². The lowest BCUT2D eigenvalue weighted by molar-refractivity contribution is -0.188. The maximum Gasteiger partial charge on any atom is 0.338 e. The van der Waals surface area contributed by atoms with Gasteiger partial charge in [0.05, 0.1) is 29.7 Å². The normalized spacial score (nSPS) is 24.7. The Balaban J connectivity index is 1.87. The molecule has 3 rings (SSSR count). The second-order valence-corrected chi connectivity index (χ2v) is 13.1. The topological polar surface area (TPSA) is 90.9 Å². The van der Waals surface area contributed by atoms with Crippen LogP contribution in [0.4, 0.5) is 0 Å². The Bertz CT molecular complexity index is 1120. The molecule has 0 spiro atoms. The molecule has 6 atom stereocenters. The SMILES string of the molecule is CC(=O)N[C@H]1C([C@H](C)[C@H](C)COC(=O)c2ccccc2)O[C@@](C)(Sc2ccccc2)C[C@H]1OC(=O)C(C)(C)C. The third kappa shape index (κ3) is 8.57. The molecule has 1 fully saturated rings. The lowest BCUT2D eigenvalue weighted by Gasteiger charge is -2.49. The molecule has 1 N–H and O–H groups in total. The predicted molar refractivity (Wildman–Crippen MR) is 152 cm³/mol. The van der Waals surface area contributed by atoms with Crippen LogP contribution < -0.4 is 5.32 Å². The van der Waals surface area contributed by atoms with E-state index in [1.807, 2.05) is 77.9 Å². The van der Waals surface area contributed by atoms with Crippen LogP contribution in [0.25, 0.3) is 0 Å². The van der Waals surface area contributed by atoms with Crippen molar-refractivity contribution in [2.24, 2.45) is 17.3 Å². The minimum absolute atomic E-state index is 0.109. The van der Waals surface area contributed by atoms with E-state index in [1.165, 1.54) is 6.92 Å². The van der Waals surface area contributed by atoms with Gasteiger partial charge in [-0.2, -0.15) is 0 Å². The van der Waals surface area contributed by atoms with Crippen molar-refractivity contribution < 1.29 is 28.6 Å². The number of thioether (sulfide) groups is 1. The van der Waals surface area contributed by atoms with Crippen molar-refractivity contribution in [2.75, 3.05) is 6.61 Å². The van der Waals surface area contributed by atoms with E-state index in [1.54, 1.807) is 36.0 Å². The Morgan fingerprint density at radius 2 is 1.64 bits per heavy atom. The van der Waals surface area contributed by atoms with Crippen LogP contribution in [0.3, 0.4) is 0 Å². The number of nitrogens with one attached hydrogen (secondary N) is 1. The standard InChI is InChI=1S/C31H41NO6S/c1-20(19-36-28(34)23-14-10-8-11-15-23)21(2)27-26(32-22(3)33)25(37-29(35)30(4,5)6)18-31(7,38-27)39-24-16-12-9-13-17-24/h8-17,20-21,25-27H,18-19H2,1-7H3,(H,32,33)/t20-,21-,25-,26-,27?,31+/m1/s1. The molecule has 2 aromatic rings. The van der Waals surface area contributed by atoms with Crippen LogP contribution in [0.5, 0.6) is 0 Å². The molecular weight excluding hydrogens is 514 g/mol. The van der Waals surface area contributed by atoms with Gasteiger partial charge in [0, 0.05) is 18.2 Å². The molecule has 0 bridgehead atoms. The molecule has 1 aliphatic heterocycles. The van der Waals surface area contributed by atoms with Gasteiger partial charge in [0.15, 0.2) is 0 Å². The summed E-state index contributed by atoms with van der Waals surface area (Å²) in [5, 5.41) is 3.01.